The molecule has 0 unspecified atom stereocenters. The maximum absolute atomic E-state index is 6.21. The van der Waals surface area contributed by atoms with Crippen molar-refractivity contribution in [3.05, 3.63) is 64.7 Å². The van der Waals surface area contributed by atoms with Gasteiger partial charge in [-0.25, -0.2) is 0 Å². The van der Waals surface area contributed by atoms with Gasteiger partial charge >= 0.3 is 0 Å². The Balaban J connectivity index is 2.29. The normalized spacial score (nSPS) is 10.5. The summed E-state index contributed by atoms with van der Waals surface area (Å²) in [7, 11) is 0. The Bertz CT molecular complexity index is 743. The van der Waals surface area contributed by atoms with E-state index in [2.05, 4.69) is 24.9 Å². The Labute approximate surface area is 162 Å². The van der Waals surface area contributed by atoms with Gasteiger partial charge in [-0.1, -0.05) is 30.7 Å². The molecule has 0 aliphatic rings. The van der Waals surface area contributed by atoms with E-state index in [-0.39, 0.29) is 0 Å². The Kier molecular flexibility index (Phi) is 7.86. The molecule has 0 radical (unpaired) electrons. The van der Waals surface area contributed by atoms with Gasteiger partial charge < -0.3 is 14.8 Å². The van der Waals surface area contributed by atoms with Gasteiger partial charge in [0, 0.05) is 22.8 Å². The largest absolute Gasteiger partial charge is 0.490 e. The third kappa shape index (κ3) is 5.18. The maximum Gasteiger partial charge on any atom is 0.164 e. The molecular weight excluding hydrogens is 346 g/mol. The number of anilines is 1. The van der Waals surface area contributed by atoms with E-state index in [9.17, 15) is 0 Å². The van der Waals surface area contributed by atoms with E-state index in [1.165, 1.54) is 0 Å². The zero-order valence-corrected chi connectivity index (χ0v) is 16.7. The van der Waals surface area contributed by atoms with E-state index in [4.69, 9.17) is 21.1 Å². The van der Waals surface area contributed by atoms with Gasteiger partial charge in [0.2, 0.25) is 0 Å². The summed E-state index contributed by atoms with van der Waals surface area (Å²) in [6.45, 7) is 11.9. The summed E-state index contributed by atoms with van der Waals surface area (Å²) >= 11 is 6.21. The fourth-order valence-electron chi connectivity index (χ4n) is 2.76. The molecule has 0 saturated carbocycles. The maximum atomic E-state index is 6.21. The third-order valence-corrected chi connectivity index (χ3v) is 4.47. The van der Waals surface area contributed by atoms with Crippen LogP contribution in [0.5, 0.6) is 11.5 Å². The molecule has 0 aliphatic carbocycles. The van der Waals surface area contributed by atoms with Crippen LogP contribution in [0.3, 0.4) is 0 Å². The van der Waals surface area contributed by atoms with Gasteiger partial charge in [0.1, 0.15) is 0 Å². The lowest BCUT2D eigenvalue weighted by Gasteiger charge is -2.18. The summed E-state index contributed by atoms with van der Waals surface area (Å²) in [6, 6.07) is 10.1. The lowest BCUT2D eigenvalue weighted by molar-refractivity contribution is 0.274. The van der Waals surface area contributed by atoms with Crippen LogP contribution in [0.15, 0.2) is 43.0 Å². The highest BCUT2D eigenvalue weighted by Gasteiger charge is 2.13. The quantitative estimate of drug-likeness (QED) is 0.504. The molecule has 0 aromatic heterocycles. The molecule has 0 bridgehead atoms. The van der Waals surface area contributed by atoms with Gasteiger partial charge in [0.15, 0.2) is 11.5 Å². The molecule has 4 heteroatoms. The molecule has 2 aromatic carbocycles. The molecule has 0 amide bonds. The van der Waals surface area contributed by atoms with Gasteiger partial charge in [-0.2, -0.15) is 0 Å². The predicted molar refractivity (Wildman–Crippen MR) is 111 cm³/mol. The monoisotopic (exact) mass is 373 g/mol. The SMILES string of the molecule is C=CCc1cc(CNc2cccc(Cl)c2C)cc(OCC)c1OCCC. The second-order valence-electron chi connectivity index (χ2n) is 6.12. The molecule has 140 valence electrons. The number of nitrogens with one attached hydrogen (secondary N) is 1. The fraction of sp³-hybridized carbons (Fsp3) is 0.364. The molecule has 2 rings (SSSR count). The molecule has 26 heavy (non-hydrogen) atoms. The Morgan fingerprint density at radius 1 is 1.19 bits per heavy atom. The van der Waals surface area contributed by atoms with Crippen LogP contribution in [0, 0.1) is 6.92 Å². The van der Waals surface area contributed by atoms with Crippen LogP contribution >= 0.6 is 11.6 Å². The van der Waals surface area contributed by atoms with E-state index in [0.29, 0.717) is 19.8 Å². The summed E-state index contributed by atoms with van der Waals surface area (Å²) in [4.78, 5) is 0. The zero-order chi connectivity index (χ0) is 18.9. The van der Waals surface area contributed by atoms with Crippen LogP contribution in [-0.4, -0.2) is 13.2 Å². The summed E-state index contributed by atoms with van der Waals surface area (Å²) in [5, 5.41) is 4.23. The Hall–Kier alpha value is -2.13. The highest BCUT2D eigenvalue weighted by molar-refractivity contribution is 6.31. The molecule has 2 aromatic rings. The second kappa shape index (κ2) is 10.1. The van der Waals surface area contributed by atoms with Gasteiger partial charge in [0.25, 0.3) is 0 Å². The first kappa shape index (κ1) is 20.2. The van der Waals surface area contributed by atoms with Crippen molar-refractivity contribution in [2.24, 2.45) is 0 Å². The highest BCUT2D eigenvalue weighted by atomic mass is 35.5. The Morgan fingerprint density at radius 3 is 2.69 bits per heavy atom. The van der Waals surface area contributed by atoms with Gasteiger partial charge in [0.05, 0.1) is 13.2 Å². The van der Waals surface area contributed by atoms with Crippen LogP contribution < -0.4 is 14.8 Å². The summed E-state index contributed by atoms with van der Waals surface area (Å²) in [5.74, 6) is 1.62. The molecular formula is C22H28ClNO2. The van der Waals surface area contributed by atoms with Crippen molar-refractivity contribution in [1.29, 1.82) is 0 Å². The van der Waals surface area contributed by atoms with Crippen LogP contribution in [0.25, 0.3) is 0 Å². The number of hydrogen-bond acceptors (Lipinski definition) is 3. The number of hydrogen-bond donors (Lipinski definition) is 1. The van der Waals surface area contributed by atoms with E-state index >= 15 is 0 Å². The van der Waals surface area contributed by atoms with E-state index in [0.717, 1.165) is 51.7 Å². The number of benzene rings is 2. The average Bonchev–Trinajstić information content (AvgIpc) is 2.63. The second-order valence-corrected chi connectivity index (χ2v) is 6.53. The summed E-state index contributed by atoms with van der Waals surface area (Å²) < 4.78 is 11.8. The van der Waals surface area contributed by atoms with E-state index < -0.39 is 0 Å². The van der Waals surface area contributed by atoms with Crippen molar-refractivity contribution in [3.63, 3.8) is 0 Å². The molecule has 0 heterocycles. The van der Waals surface area contributed by atoms with Gasteiger partial charge in [-0.3, -0.25) is 0 Å². The van der Waals surface area contributed by atoms with Gasteiger partial charge in [-0.15, -0.1) is 6.58 Å². The minimum Gasteiger partial charge on any atom is -0.490 e. The standard InChI is InChI=1S/C22H28ClNO2/c1-5-9-18-13-17(14-21(25-7-3)22(18)26-12-6-2)15-24-20-11-8-10-19(23)16(20)4/h5,8,10-11,13-14,24H,1,6-7,9,12,15H2,2-4H3. The number of ether oxygens (including phenoxy) is 2. The number of rotatable bonds is 10. The molecule has 0 spiro atoms. The Morgan fingerprint density at radius 2 is 2.00 bits per heavy atom. The first-order valence-electron chi connectivity index (χ1n) is 9.11. The minimum absolute atomic E-state index is 0.598. The van der Waals surface area contributed by atoms with Crippen molar-refractivity contribution < 1.29 is 9.47 Å². The lowest BCUT2D eigenvalue weighted by atomic mass is 10.0. The minimum atomic E-state index is 0.598. The van der Waals surface area contributed by atoms with Crippen LogP contribution in [0.4, 0.5) is 5.69 Å². The van der Waals surface area contributed by atoms with Crippen LogP contribution in [0.1, 0.15) is 37.0 Å². The van der Waals surface area contributed by atoms with Gasteiger partial charge in [-0.05, 0) is 62.1 Å². The van der Waals surface area contributed by atoms with Crippen molar-refractivity contribution in [3.8, 4) is 11.5 Å². The number of halogens is 1. The predicted octanol–water partition coefficient (Wildman–Crippen LogP) is 6.18. The summed E-state index contributed by atoms with van der Waals surface area (Å²) in [6.07, 6.45) is 3.59. The summed E-state index contributed by atoms with van der Waals surface area (Å²) in [5.41, 5.74) is 4.31. The molecule has 0 saturated heterocycles. The first-order valence-corrected chi connectivity index (χ1v) is 9.49. The molecule has 0 atom stereocenters. The molecule has 0 fully saturated rings. The topological polar surface area (TPSA) is 30.5 Å². The van der Waals surface area contributed by atoms with Crippen molar-refractivity contribution >= 4 is 17.3 Å². The lowest BCUT2D eigenvalue weighted by Crippen LogP contribution is -2.06. The average molecular weight is 374 g/mol. The molecule has 1 N–H and O–H groups in total. The molecule has 0 aliphatic heterocycles. The number of allylic oxidation sites excluding steroid dienone is 1. The highest BCUT2D eigenvalue weighted by Crippen LogP contribution is 2.34. The van der Waals surface area contributed by atoms with Crippen molar-refractivity contribution in [1.82, 2.24) is 0 Å². The van der Waals surface area contributed by atoms with Crippen molar-refractivity contribution in [2.45, 2.75) is 40.2 Å². The third-order valence-electron chi connectivity index (χ3n) is 4.06. The zero-order valence-electron chi connectivity index (χ0n) is 15.9. The van der Waals surface area contributed by atoms with Crippen LogP contribution in [0.2, 0.25) is 5.02 Å². The molecule has 3 nitrogen and oxygen atoms in total. The van der Waals surface area contributed by atoms with Crippen LogP contribution in [-0.2, 0) is 13.0 Å². The van der Waals surface area contributed by atoms with E-state index in [1.807, 2.05) is 44.2 Å². The first-order chi connectivity index (χ1) is 12.6. The van der Waals surface area contributed by atoms with E-state index in [1.54, 1.807) is 0 Å². The fourth-order valence-corrected chi connectivity index (χ4v) is 2.93. The van der Waals surface area contributed by atoms with Crippen molar-refractivity contribution in [2.75, 3.05) is 18.5 Å². The smallest absolute Gasteiger partial charge is 0.164 e.